The van der Waals surface area contributed by atoms with Crippen LogP contribution in [0.4, 0.5) is 13.2 Å². The first-order valence-corrected chi connectivity index (χ1v) is 10.0. The Labute approximate surface area is 188 Å². The Morgan fingerprint density at radius 3 is 2.48 bits per heavy atom. The minimum absolute atomic E-state index is 0.0176. The van der Waals surface area contributed by atoms with E-state index in [1.54, 1.807) is 24.7 Å². The first-order chi connectivity index (χ1) is 15.8. The SMILES string of the molecule is COc1ncc(-c2cccnc2C(C)CNC(=O)c2ccc(OCCC(F)(F)F)nc2)cn1. The van der Waals surface area contributed by atoms with Gasteiger partial charge in [0.05, 0.1) is 31.4 Å². The standard InChI is InChI=1S/C22H22F3N5O3/c1-14(19-17(4-3-8-26-19)16-12-29-21(32-2)30-13-16)10-28-20(31)15-5-6-18(27-11-15)33-9-7-22(23,24)25/h3-6,8,11-14H,7,9-10H2,1-2H3,(H,28,31). The van der Waals surface area contributed by atoms with Crippen molar-refractivity contribution in [3.63, 3.8) is 0 Å². The molecule has 174 valence electrons. The van der Waals surface area contributed by atoms with Gasteiger partial charge in [0.15, 0.2) is 0 Å². The quantitative estimate of drug-likeness (QED) is 0.517. The van der Waals surface area contributed by atoms with Crippen LogP contribution in [0, 0.1) is 0 Å². The molecular weight excluding hydrogens is 439 g/mol. The fourth-order valence-electron chi connectivity index (χ4n) is 2.93. The van der Waals surface area contributed by atoms with Gasteiger partial charge in [-0.3, -0.25) is 9.78 Å². The van der Waals surface area contributed by atoms with Crippen molar-refractivity contribution in [1.29, 1.82) is 0 Å². The van der Waals surface area contributed by atoms with Crippen molar-refractivity contribution in [3.8, 4) is 23.0 Å². The van der Waals surface area contributed by atoms with Crippen molar-refractivity contribution in [2.24, 2.45) is 0 Å². The number of carbonyl (C=O) groups is 1. The fourth-order valence-corrected chi connectivity index (χ4v) is 2.93. The molecule has 1 amide bonds. The minimum atomic E-state index is -4.30. The van der Waals surface area contributed by atoms with Crippen LogP contribution in [0.25, 0.3) is 11.1 Å². The second-order valence-electron chi connectivity index (χ2n) is 7.10. The summed E-state index contributed by atoms with van der Waals surface area (Å²) in [5.41, 5.74) is 2.62. The Hall–Kier alpha value is -3.76. The number of alkyl halides is 3. The van der Waals surface area contributed by atoms with Crippen LogP contribution in [0.3, 0.4) is 0 Å². The monoisotopic (exact) mass is 461 g/mol. The Morgan fingerprint density at radius 2 is 1.85 bits per heavy atom. The topological polar surface area (TPSA) is 99.1 Å². The molecule has 3 aromatic heterocycles. The van der Waals surface area contributed by atoms with Crippen LogP contribution in [-0.4, -0.2) is 52.3 Å². The highest BCUT2D eigenvalue weighted by Gasteiger charge is 2.27. The van der Waals surface area contributed by atoms with E-state index >= 15 is 0 Å². The summed E-state index contributed by atoms with van der Waals surface area (Å²) in [5, 5.41) is 2.82. The van der Waals surface area contributed by atoms with Crippen LogP contribution in [-0.2, 0) is 0 Å². The van der Waals surface area contributed by atoms with Gasteiger partial charge in [-0.25, -0.2) is 15.0 Å². The molecule has 0 saturated heterocycles. The average Bonchev–Trinajstić information content (AvgIpc) is 2.82. The van der Waals surface area contributed by atoms with Crippen molar-refractivity contribution < 1.29 is 27.4 Å². The molecule has 11 heteroatoms. The first-order valence-electron chi connectivity index (χ1n) is 10.0. The minimum Gasteiger partial charge on any atom is -0.477 e. The molecule has 1 unspecified atom stereocenters. The van der Waals surface area contributed by atoms with Crippen LogP contribution >= 0.6 is 0 Å². The number of nitrogens with zero attached hydrogens (tertiary/aromatic N) is 4. The molecule has 0 fully saturated rings. The zero-order valence-corrected chi connectivity index (χ0v) is 18.0. The summed E-state index contributed by atoms with van der Waals surface area (Å²) in [6, 6.07) is 6.76. The van der Waals surface area contributed by atoms with Gasteiger partial charge in [0.25, 0.3) is 5.91 Å². The number of methoxy groups -OCH3 is 1. The maximum Gasteiger partial charge on any atom is 0.392 e. The molecule has 0 aromatic carbocycles. The van der Waals surface area contributed by atoms with E-state index in [-0.39, 0.29) is 29.3 Å². The average molecular weight is 461 g/mol. The van der Waals surface area contributed by atoms with E-state index in [4.69, 9.17) is 9.47 Å². The molecule has 1 atom stereocenters. The van der Waals surface area contributed by atoms with E-state index in [0.29, 0.717) is 6.54 Å². The van der Waals surface area contributed by atoms with Crippen LogP contribution in [0.2, 0.25) is 0 Å². The van der Waals surface area contributed by atoms with Crippen LogP contribution in [0.5, 0.6) is 11.9 Å². The third kappa shape index (κ3) is 6.86. The predicted molar refractivity (Wildman–Crippen MR) is 113 cm³/mol. The summed E-state index contributed by atoms with van der Waals surface area (Å²) in [7, 11) is 1.49. The van der Waals surface area contributed by atoms with Gasteiger partial charge in [-0.1, -0.05) is 13.0 Å². The number of amides is 1. The van der Waals surface area contributed by atoms with Gasteiger partial charge in [0, 0.05) is 54.4 Å². The van der Waals surface area contributed by atoms with Crippen molar-refractivity contribution >= 4 is 5.91 Å². The van der Waals surface area contributed by atoms with Gasteiger partial charge < -0.3 is 14.8 Å². The molecule has 0 aliphatic heterocycles. The smallest absolute Gasteiger partial charge is 0.392 e. The predicted octanol–water partition coefficient (Wildman–Crippen LogP) is 3.81. The molecule has 3 heterocycles. The van der Waals surface area contributed by atoms with Crippen molar-refractivity contribution in [1.82, 2.24) is 25.3 Å². The summed E-state index contributed by atoms with van der Waals surface area (Å²) >= 11 is 0. The van der Waals surface area contributed by atoms with Gasteiger partial charge in [-0.15, -0.1) is 0 Å². The summed E-state index contributed by atoms with van der Waals surface area (Å²) in [4.78, 5) is 29.1. The number of halogens is 3. The largest absolute Gasteiger partial charge is 0.477 e. The molecule has 1 N–H and O–H groups in total. The number of rotatable bonds is 9. The Balaban J connectivity index is 1.59. The third-order valence-corrected chi connectivity index (χ3v) is 4.63. The maximum atomic E-state index is 12.5. The fraction of sp³-hybridized carbons (Fsp3) is 0.318. The summed E-state index contributed by atoms with van der Waals surface area (Å²) in [6.07, 6.45) is 0.827. The summed E-state index contributed by atoms with van der Waals surface area (Å²) in [6.45, 7) is 1.68. The molecule has 3 aromatic rings. The molecule has 0 bridgehead atoms. The molecule has 33 heavy (non-hydrogen) atoms. The van der Waals surface area contributed by atoms with Crippen LogP contribution in [0.1, 0.15) is 35.3 Å². The Bertz CT molecular complexity index is 1060. The third-order valence-electron chi connectivity index (χ3n) is 4.63. The second kappa shape index (κ2) is 10.7. The molecule has 3 rings (SSSR count). The molecule has 0 aliphatic carbocycles. The van der Waals surface area contributed by atoms with E-state index in [1.807, 2.05) is 13.0 Å². The Kier molecular flexibility index (Phi) is 7.75. The lowest BCUT2D eigenvalue weighted by Crippen LogP contribution is -2.28. The number of pyridine rings is 2. The van der Waals surface area contributed by atoms with E-state index in [2.05, 4.69) is 25.3 Å². The van der Waals surface area contributed by atoms with Crippen molar-refractivity contribution in [2.75, 3.05) is 20.3 Å². The second-order valence-corrected chi connectivity index (χ2v) is 7.10. The number of nitrogens with one attached hydrogen (secondary N) is 1. The van der Waals surface area contributed by atoms with E-state index in [9.17, 15) is 18.0 Å². The molecular formula is C22H22F3N5O3. The lowest BCUT2D eigenvalue weighted by atomic mass is 9.98. The highest BCUT2D eigenvalue weighted by Crippen LogP contribution is 2.27. The molecule has 0 radical (unpaired) electrons. The van der Waals surface area contributed by atoms with Gasteiger partial charge in [0.2, 0.25) is 5.88 Å². The summed E-state index contributed by atoms with van der Waals surface area (Å²) < 4.78 is 46.5. The van der Waals surface area contributed by atoms with Crippen molar-refractivity contribution in [2.45, 2.75) is 25.4 Å². The van der Waals surface area contributed by atoms with Crippen LogP contribution < -0.4 is 14.8 Å². The molecule has 0 saturated carbocycles. The number of ether oxygens (including phenoxy) is 2. The summed E-state index contributed by atoms with van der Waals surface area (Å²) in [5.74, 6) is -0.490. The highest BCUT2D eigenvalue weighted by atomic mass is 19.4. The van der Waals surface area contributed by atoms with E-state index in [0.717, 1.165) is 16.8 Å². The van der Waals surface area contributed by atoms with Gasteiger partial charge >= 0.3 is 12.2 Å². The van der Waals surface area contributed by atoms with Gasteiger partial charge in [0.1, 0.15) is 0 Å². The lowest BCUT2D eigenvalue weighted by molar-refractivity contribution is -0.139. The first kappa shape index (κ1) is 23.9. The highest BCUT2D eigenvalue weighted by molar-refractivity contribution is 5.93. The zero-order valence-electron chi connectivity index (χ0n) is 18.0. The number of hydrogen-bond acceptors (Lipinski definition) is 7. The lowest BCUT2D eigenvalue weighted by Gasteiger charge is -2.16. The number of aromatic nitrogens is 4. The molecule has 0 spiro atoms. The van der Waals surface area contributed by atoms with Gasteiger partial charge in [-0.2, -0.15) is 13.2 Å². The Morgan fingerprint density at radius 1 is 1.09 bits per heavy atom. The number of carbonyl (C=O) groups excluding carboxylic acids is 1. The molecule has 0 aliphatic rings. The number of hydrogen-bond donors (Lipinski definition) is 1. The van der Waals surface area contributed by atoms with E-state index in [1.165, 1.54) is 25.4 Å². The van der Waals surface area contributed by atoms with E-state index < -0.39 is 19.2 Å². The maximum absolute atomic E-state index is 12.5. The van der Waals surface area contributed by atoms with Crippen molar-refractivity contribution in [3.05, 3.63) is 60.3 Å². The normalized spacial score (nSPS) is 12.2. The zero-order chi connectivity index (χ0) is 23.8. The van der Waals surface area contributed by atoms with Gasteiger partial charge in [-0.05, 0) is 12.1 Å². The van der Waals surface area contributed by atoms with Crippen LogP contribution in [0.15, 0.2) is 49.1 Å². The molecule has 8 nitrogen and oxygen atoms in total.